The number of amides is 2. The van der Waals surface area contributed by atoms with E-state index in [2.05, 4.69) is 22.5 Å². The van der Waals surface area contributed by atoms with Gasteiger partial charge in [0.05, 0.1) is 45.8 Å². The normalized spacial score (nSPS) is 16.7. The van der Waals surface area contributed by atoms with Gasteiger partial charge in [-0.15, -0.1) is 11.3 Å². The number of carbonyl (C=O) groups excluding carboxylic acids is 2. The fraction of sp³-hybridized carbons (Fsp3) is 0.344. The molecule has 1 aliphatic rings. The third kappa shape index (κ3) is 7.75. The van der Waals surface area contributed by atoms with Gasteiger partial charge in [0.15, 0.2) is 0 Å². The van der Waals surface area contributed by atoms with Gasteiger partial charge in [-0.25, -0.2) is 13.8 Å². The van der Waals surface area contributed by atoms with E-state index in [0.29, 0.717) is 42.7 Å². The van der Waals surface area contributed by atoms with E-state index >= 15 is 0 Å². The van der Waals surface area contributed by atoms with Crippen molar-refractivity contribution in [1.82, 2.24) is 14.9 Å². The number of nitrogens with one attached hydrogen (secondary N) is 3. The zero-order valence-electron chi connectivity index (χ0n) is 24.4. The number of thiophene rings is 1. The Morgan fingerprint density at radius 3 is 2.64 bits per heavy atom. The first kappa shape index (κ1) is 31.5. The predicted molar refractivity (Wildman–Crippen MR) is 168 cm³/mol. The molecule has 3 N–H and O–H groups in total. The number of hydrogen-bond acceptors (Lipinski definition) is 7. The lowest BCUT2D eigenvalue weighted by molar-refractivity contribution is -0.111. The third-order valence-electron chi connectivity index (χ3n) is 7.48. The van der Waals surface area contributed by atoms with Crippen LogP contribution in [0.2, 0.25) is 0 Å². The number of anilines is 2. The van der Waals surface area contributed by atoms with E-state index in [4.69, 9.17) is 14.5 Å². The van der Waals surface area contributed by atoms with Gasteiger partial charge in [0, 0.05) is 25.4 Å². The molecule has 232 valence electrons. The van der Waals surface area contributed by atoms with Crippen molar-refractivity contribution in [2.75, 3.05) is 31.0 Å². The number of rotatable bonds is 13. The van der Waals surface area contributed by atoms with Crippen LogP contribution in [0.25, 0.3) is 16.7 Å². The molecular formula is C32H35F2N5O4S. The maximum Gasteiger partial charge on any atom is 0.272 e. The Labute approximate surface area is 258 Å². The monoisotopic (exact) mass is 623 g/mol. The van der Waals surface area contributed by atoms with Crippen molar-refractivity contribution in [3.8, 4) is 5.69 Å². The van der Waals surface area contributed by atoms with Crippen molar-refractivity contribution in [3.05, 3.63) is 82.6 Å². The average molecular weight is 624 g/mol. The highest BCUT2D eigenvalue weighted by atomic mass is 32.1. The van der Waals surface area contributed by atoms with Crippen LogP contribution in [0, 0.1) is 0 Å². The van der Waals surface area contributed by atoms with Crippen molar-refractivity contribution < 1.29 is 27.8 Å². The molecule has 0 aliphatic heterocycles. The Morgan fingerprint density at radius 1 is 1.09 bits per heavy atom. The van der Waals surface area contributed by atoms with Gasteiger partial charge in [-0.05, 0) is 79.8 Å². The topological polar surface area (TPSA) is 107 Å². The summed E-state index contributed by atoms with van der Waals surface area (Å²) in [6, 6.07) is 16.0. The minimum atomic E-state index is -2.66. The van der Waals surface area contributed by atoms with Crippen LogP contribution in [0.3, 0.4) is 0 Å². The Bertz CT molecular complexity index is 1610. The molecule has 1 saturated carbocycles. The molecule has 1 aliphatic carbocycles. The number of halogens is 2. The van der Waals surface area contributed by atoms with Gasteiger partial charge in [0.25, 0.3) is 12.3 Å². The quantitative estimate of drug-likeness (QED) is 0.117. The highest BCUT2D eigenvalue weighted by Crippen LogP contribution is 2.30. The largest absolute Gasteiger partial charge is 0.382 e. The molecule has 9 nitrogen and oxygen atoms in total. The van der Waals surface area contributed by atoms with Crippen LogP contribution in [-0.4, -0.2) is 53.8 Å². The highest BCUT2D eigenvalue weighted by molar-refractivity contribution is 7.14. The number of methoxy groups -OCH3 is 1. The number of nitrogens with zero attached hydrogens (tertiary/aromatic N) is 2. The van der Waals surface area contributed by atoms with E-state index in [1.54, 1.807) is 29.9 Å². The molecular weight excluding hydrogens is 588 g/mol. The first-order valence-corrected chi connectivity index (χ1v) is 15.2. The summed E-state index contributed by atoms with van der Waals surface area (Å²) < 4.78 is 39.0. The van der Waals surface area contributed by atoms with Gasteiger partial charge in [0.2, 0.25) is 11.9 Å². The van der Waals surface area contributed by atoms with Gasteiger partial charge in [0.1, 0.15) is 0 Å². The third-order valence-corrected chi connectivity index (χ3v) is 8.57. The predicted octanol–water partition coefficient (Wildman–Crippen LogP) is 6.47. The van der Waals surface area contributed by atoms with Crippen molar-refractivity contribution in [2.45, 2.75) is 50.8 Å². The summed E-state index contributed by atoms with van der Waals surface area (Å²) >= 11 is 0.738. The average Bonchev–Trinajstić information content (AvgIpc) is 3.66. The van der Waals surface area contributed by atoms with Crippen LogP contribution < -0.4 is 16.0 Å². The standard InChI is InChI=1S/C32H35F2N5O4S/c1-3-29(40)36-22-5-4-6-23(18-22)39-26-12-7-20(19-35-21-8-10-24(11-9-21)43-16-15-42-2)17-25(26)37-32(39)38-31(41)28-14-13-27(44-28)30(33)34/h3-7,12-14,17-18,21,24,30,35H,1,8-11,15-16,19H2,2H3,(H,36,40)(H,37,38,41)/t21-,24+. The number of aromatic nitrogens is 2. The number of ether oxygens (including phenoxy) is 2. The van der Waals surface area contributed by atoms with Crippen LogP contribution in [0.5, 0.6) is 0 Å². The molecule has 2 aromatic heterocycles. The van der Waals surface area contributed by atoms with Gasteiger partial charge < -0.3 is 20.1 Å². The van der Waals surface area contributed by atoms with Crippen molar-refractivity contribution in [3.63, 3.8) is 0 Å². The lowest BCUT2D eigenvalue weighted by Crippen LogP contribution is -2.35. The van der Waals surface area contributed by atoms with Crippen LogP contribution in [0.1, 0.15) is 52.2 Å². The Hall–Kier alpha value is -3.97. The molecule has 4 aromatic rings. The van der Waals surface area contributed by atoms with Crippen molar-refractivity contribution in [1.29, 1.82) is 0 Å². The fourth-order valence-corrected chi connectivity index (χ4v) is 6.01. The van der Waals surface area contributed by atoms with E-state index in [9.17, 15) is 18.4 Å². The summed E-state index contributed by atoms with van der Waals surface area (Å²) in [6.45, 7) is 5.37. The van der Waals surface area contributed by atoms with Crippen LogP contribution in [-0.2, 0) is 20.8 Å². The molecule has 0 spiro atoms. The second-order valence-corrected chi connectivity index (χ2v) is 11.6. The second kappa shape index (κ2) is 14.7. The maximum absolute atomic E-state index is 13.2. The van der Waals surface area contributed by atoms with Crippen LogP contribution >= 0.6 is 11.3 Å². The first-order valence-electron chi connectivity index (χ1n) is 14.4. The van der Waals surface area contributed by atoms with Gasteiger partial charge in [-0.3, -0.25) is 19.5 Å². The number of imidazole rings is 1. The molecule has 0 unspecified atom stereocenters. The number of fused-ring (bicyclic) bond motifs is 1. The Morgan fingerprint density at radius 2 is 1.91 bits per heavy atom. The van der Waals surface area contributed by atoms with E-state index < -0.39 is 12.3 Å². The molecule has 2 heterocycles. The molecule has 0 radical (unpaired) electrons. The van der Waals surface area contributed by atoms with Gasteiger partial charge in [-0.2, -0.15) is 0 Å². The van der Waals surface area contributed by atoms with Crippen LogP contribution in [0.15, 0.2) is 67.3 Å². The minimum Gasteiger partial charge on any atom is -0.382 e. The Balaban J connectivity index is 1.37. The minimum absolute atomic E-state index is 0.148. The molecule has 0 atom stereocenters. The maximum atomic E-state index is 13.2. The van der Waals surface area contributed by atoms with E-state index in [1.165, 1.54) is 18.2 Å². The molecule has 0 saturated heterocycles. The number of hydrogen-bond donors (Lipinski definition) is 3. The summed E-state index contributed by atoms with van der Waals surface area (Å²) in [5.41, 5.74) is 3.58. The van der Waals surface area contributed by atoms with Gasteiger partial charge >= 0.3 is 0 Å². The molecule has 2 amide bonds. The number of carbonyl (C=O) groups is 2. The number of benzene rings is 2. The number of alkyl halides is 2. The van der Waals surface area contributed by atoms with Crippen molar-refractivity contribution in [2.24, 2.45) is 0 Å². The first-order chi connectivity index (χ1) is 21.3. The molecule has 0 bridgehead atoms. The van der Waals surface area contributed by atoms with Gasteiger partial charge in [-0.1, -0.05) is 18.7 Å². The summed E-state index contributed by atoms with van der Waals surface area (Å²) in [4.78, 5) is 29.7. The summed E-state index contributed by atoms with van der Waals surface area (Å²) in [6.07, 6.45) is 2.86. The lowest BCUT2D eigenvalue weighted by atomic mass is 9.93. The van der Waals surface area contributed by atoms with E-state index in [-0.39, 0.29) is 27.7 Å². The second-order valence-electron chi connectivity index (χ2n) is 10.5. The molecule has 5 rings (SSSR count). The van der Waals surface area contributed by atoms with E-state index in [1.807, 2.05) is 24.3 Å². The summed E-state index contributed by atoms with van der Waals surface area (Å²) in [5, 5.41) is 9.20. The lowest BCUT2D eigenvalue weighted by Gasteiger charge is -2.29. The molecule has 1 fully saturated rings. The highest BCUT2D eigenvalue weighted by Gasteiger charge is 2.22. The van der Waals surface area contributed by atoms with Crippen LogP contribution in [0.4, 0.5) is 20.4 Å². The summed E-state index contributed by atoms with van der Waals surface area (Å²) in [5.74, 6) is -0.678. The Kier molecular flexibility index (Phi) is 10.5. The molecule has 44 heavy (non-hydrogen) atoms. The van der Waals surface area contributed by atoms with E-state index in [0.717, 1.165) is 48.1 Å². The fourth-order valence-electron chi connectivity index (χ4n) is 5.25. The molecule has 12 heteroatoms. The zero-order chi connectivity index (χ0) is 31.1. The van der Waals surface area contributed by atoms with Crippen molar-refractivity contribution >= 4 is 45.8 Å². The smallest absolute Gasteiger partial charge is 0.272 e. The zero-order valence-corrected chi connectivity index (χ0v) is 25.2. The molecule has 2 aromatic carbocycles. The SMILES string of the molecule is C=CC(=O)Nc1cccc(-n2c(NC(=O)c3ccc(C(F)F)s3)nc3cc(CN[C@H]4CC[C@@H](OCCOC)CC4)ccc32)c1. The summed E-state index contributed by atoms with van der Waals surface area (Å²) in [7, 11) is 1.67.